The van der Waals surface area contributed by atoms with Crippen LogP contribution in [0.1, 0.15) is 17.2 Å². The lowest BCUT2D eigenvalue weighted by atomic mass is 9.96. The predicted molar refractivity (Wildman–Crippen MR) is 92.7 cm³/mol. The first-order valence-electron chi connectivity index (χ1n) is 6.57. The van der Waals surface area contributed by atoms with Crippen molar-refractivity contribution in [1.82, 2.24) is 0 Å². The number of benzene rings is 2. The smallest absolute Gasteiger partial charge is 0.172 e. The van der Waals surface area contributed by atoms with Gasteiger partial charge in [0, 0.05) is 6.42 Å². The summed E-state index contributed by atoms with van der Waals surface area (Å²) < 4.78 is 5.58. The van der Waals surface area contributed by atoms with Crippen molar-refractivity contribution in [3.63, 3.8) is 0 Å². The minimum absolute atomic E-state index is 0. The number of phenolic OH excluding ortho intramolecular Hbond substituents is 1. The molecule has 0 radical (unpaired) electrons. The Morgan fingerprint density at radius 3 is 2.45 bits per heavy atom. The molecule has 0 spiro atoms. The maximum atomic E-state index is 10.3. The lowest BCUT2D eigenvalue weighted by Crippen LogP contribution is -2.28. The van der Waals surface area contributed by atoms with Gasteiger partial charge >= 0.3 is 0 Å². The van der Waals surface area contributed by atoms with Crippen molar-refractivity contribution in [2.75, 3.05) is 7.11 Å². The van der Waals surface area contributed by atoms with E-state index in [2.05, 4.69) is 15.9 Å². The van der Waals surface area contributed by atoms with E-state index in [0.29, 0.717) is 22.2 Å². The van der Waals surface area contributed by atoms with Crippen LogP contribution in [0.3, 0.4) is 0 Å². The minimum atomic E-state index is -0.728. The van der Waals surface area contributed by atoms with Crippen molar-refractivity contribution >= 4 is 28.3 Å². The van der Waals surface area contributed by atoms with E-state index in [0.717, 1.165) is 5.56 Å². The molecular weight excluding hydrogens is 370 g/mol. The highest BCUT2D eigenvalue weighted by atomic mass is 79.9. The summed E-state index contributed by atoms with van der Waals surface area (Å²) in [6.07, 6.45) is -0.267. The van der Waals surface area contributed by atoms with Crippen molar-refractivity contribution in [2.24, 2.45) is 5.73 Å². The molecule has 0 unspecified atom stereocenters. The van der Waals surface area contributed by atoms with Crippen LogP contribution in [-0.4, -0.2) is 23.4 Å². The molecule has 4 N–H and O–H groups in total. The van der Waals surface area contributed by atoms with Crippen LogP contribution in [0, 0.1) is 0 Å². The average molecular weight is 389 g/mol. The third-order valence-electron chi connectivity index (χ3n) is 3.36. The van der Waals surface area contributed by atoms with Gasteiger partial charge < -0.3 is 20.7 Å². The van der Waals surface area contributed by atoms with Crippen molar-refractivity contribution in [1.29, 1.82) is 0 Å². The molecule has 0 amide bonds. The van der Waals surface area contributed by atoms with E-state index in [1.54, 1.807) is 12.1 Å². The van der Waals surface area contributed by atoms with Gasteiger partial charge in [-0.1, -0.05) is 30.3 Å². The first-order chi connectivity index (χ1) is 10.0. The Balaban J connectivity index is 0.00000242. The van der Waals surface area contributed by atoms with E-state index >= 15 is 0 Å². The van der Waals surface area contributed by atoms with E-state index in [4.69, 9.17) is 10.5 Å². The largest absolute Gasteiger partial charge is 0.503 e. The molecule has 2 aromatic rings. The summed E-state index contributed by atoms with van der Waals surface area (Å²) in [4.78, 5) is 0. The summed E-state index contributed by atoms with van der Waals surface area (Å²) in [5.41, 5.74) is 7.83. The lowest BCUT2D eigenvalue weighted by Gasteiger charge is -2.20. The monoisotopic (exact) mass is 387 g/mol. The standard InChI is InChI=1S/C16H18BrNO3.ClH/c1-21-14-9-11(8-12(17)16(14)20)15(18)13(19)7-10-5-3-2-4-6-10;/h2-6,8-9,13,15,19-20H,7,18H2,1H3;1H/t13-,15+;/m0./s1. The van der Waals surface area contributed by atoms with E-state index in [9.17, 15) is 10.2 Å². The van der Waals surface area contributed by atoms with Crippen molar-refractivity contribution < 1.29 is 14.9 Å². The van der Waals surface area contributed by atoms with Crippen LogP contribution < -0.4 is 10.5 Å². The molecule has 0 heterocycles. The third kappa shape index (κ3) is 4.36. The number of halogens is 2. The first-order valence-corrected chi connectivity index (χ1v) is 7.36. The second kappa shape index (κ2) is 8.39. The first kappa shape index (κ1) is 18.8. The topological polar surface area (TPSA) is 75.7 Å². The number of hydrogen-bond acceptors (Lipinski definition) is 4. The third-order valence-corrected chi connectivity index (χ3v) is 3.96. The maximum absolute atomic E-state index is 10.3. The second-order valence-electron chi connectivity index (χ2n) is 4.84. The number of aromatic hydroxyl groups is 1. The quantitative estimate of drug-likeness (QED) is 0.735. The summed E-state index contributed by atoms with van der Waals surface area (Å²) in [6, 6.07) is 12.4. The molecule has 6 heteroatoms. The zero-order valence-corrected chi connectivity index (χ0v) is 14.5. The van der Waals surface area contributed by atoms with Crippen LogP contribution in [0.4, 0.5) is 0 Å². The summed E-state index contributed by atoms with van der Waals surface area (Å²) in [5, 5.41) is 20.1. The van der Waals surface area contributed by atoms with Gasteiger partial charge in [-0.2, -0.15) is 0 Å². The number of nitrogens with two attached hydrogens (primary N) is 1. The van der Waals surface area contributed by atoms with Gasteiger partial charge in [-0.05, 0) is 39.2 Å². The Morgan fingerprint density at radius 1 is 1.23 bits per heavy atom. The number of phenols is 1. The summed E-state index contributed by atoms with van der Waals surface area (Å²) in [5.74, 6) is 0.340. The molecule has 2 rings (SSSR count). The van der Waals surface area contributed by atoms with Gasteiger partial charge in [0.2, 0.25) is 0 Å². The Bertz CT molecular complexity index is 610. The zero-order valence-electron chi connectivity index (χ0n) is 12.1. The van der Waals surface area contributed by atoms with Gasteiger partial charge in [-0.3, -0.25) is 0 Å². The second-order valence-corrected chi connectivity index (χ2v) is 5.69. The average Bonchev–Trinajstić information content (AvgIpc) is 2.50. The molecule has 0 aliphatic carbocycles. The van der Waals surface area contributed by atoms with Crippen LogP contribution in [0.15, 0.2) is 46.9 Å². The number of hydrogen-bond donors (Lipinski definition) is 3. The van der Waals surface area contributed by atoms with E-state index in [1.807, 2.05) is 30.3 Å². The molecule has 0 bridgehead atoms. The Morgan fingerprint density at radius 2 is 1.86 bits per heavy atom. The number of methoxy groups -OCH3 is 1. The molecule has 0 aromatic heterocycles. The molecule has 4 nitrogen and oxygen atoms in total. The van der Waals surface area contributed by atoms with Gasteiger partial charge in [-0.15, -0.1) is 12.4 Å². The Labute approximate surface area is 144 Å². The predicted octanol–water partition coefficient (Wildman–Crippen LogP) is 3.19. The number of aliphatic hydroxyl groups is 1. The van der Waals surface area contributed by atoms with Crippen LogP contribution in [0.25, 0.3) is 0 Å². The number of aliphatic hydroxyl groups excluding tert-OH is 1. The molecule has 0 aliphatic heterocycles. The SMILES string of the molecule is COc1cc([C@@H](N)[C@@H](O)Cc2ccccc2)cc(Br)c1O.Cl. The zero-order chi connectivity index (χ0) is 15.4. The highest BCUT2D eigenvalue weighted by Crippen LogP contribution is 2.37. The molecule has 120 valence electrons. The molecule has 0 saturated heterocycles. The maximum Gasteiger partial charge on any atom is 0.172 e. The van der Waals surface area contributed by atoms with E-state index in [1.165, 1.54) is 7.11 Å². The fraction of sp³-hybridized carbons (Fsp3) is 0.250. The van der Waals surface area contributed by atoms with Crippen molar-refractivity contribution in [2.45, 2.75) is 18.6 Å². The fourth-order valence-electron chi connectivity index (χ4n) is 2.15. The molecule has 22 heavy (non-hydrogen) atoms. The normalized spacial score (nSPS) is 13.1. The van der Waals surface area contributed by atoms with Gasteiger partial charge in [0.15, 0.2) is 11.5 Å². The van der Waals surface area contributed by atoms with Crippen LogP contribution >= 0.6 is 28.3 Å². The molecule has 0 aliphatic rings. The highest BCUT2D eigenvalue weighted by Gasteiger charge is 2.20. The number of rotatable bonds is 5. The van der Waals surface area contributed by atoms with Crippen molar-refractivity contribution in [3.8, 4) is 11.5 Å². The number of ether oxygens (including phenoxy) is 1. The van der Waals surface area contributed by atoms with Gasteiger partial charge in [-0.25, -0.2) is 0 Å². The van der Waals surface area contributed by atoms with Gasteiger partial charge in [0.05, 0.1) is 23.7 Å². The summed E-state index contributed by atoms with van der Waals surface area (Å²) in [6.45, 7) is 0. The summed E-state index contributed by atoms with van der Waals surface area (Å²) in [7, 11) is 1.47. The van der Waals surface area contributed by atoms with Crippen molar-refractivity contribution in [3.05, 3.63) is 58.1 Å². The molecule has 2 atom stereocenters. The molecular formula is C16H19BrClNO3. The lowest BCUT2D eigenvalue weighted by molar-refractivity contribution is 0.145. The van der Waals surface area contributed by atoms with E-state index in [-0.39, 0.29) is 18.2 Å². The van der Waals surface area contributed by atoms with Gasteiger partial charge in [0.25, 0.3) is 0 Å². The molecule has 2 aromatic carbocycles. The Kier molecular flexibility index (Phi) is 7.16. The summed E-state index contributed by atoms with van der Waals surface area (Å²) >= 11 is 3.25. The molecule has 0 saturated carbocycles. The minimum Gasteiger partial charge on any atom is -0.503 e. The molecule has 0 fully saturated rings. The van der Waals surface area contributed by atoms with Crippen LogP contribution in [0.5, 0.6) is 11.5 Å². The van der Waals surface area contributed by atoms with Gasteiger partial charge in [0.1, 0.15) is 0 Å². The fourth-order valence-corrected chi connectivity index (χ4v) is 2.61. The van der Waals surface area contributed by atoms with Crippen LogP contribution in [0.2, 0.25) is 0 Å². The highest BCUT2D eigenvalue weighted by molar-refractivity contribution is 9.10. The van der Waals surface area contributed by atoms with Crippen LogP contribution in [-0.2, 0) is 6.42 Å². The van der Waals surface area contributed by atoms with E-state index < -0.39 is 12.1 Å². The Hall–Kier alpha value is -1.27.